The van der Waals surface area contributed by atoms with Crippen LogP contribution in [0.25, 0.3) is 0 Å². The van der Waals surface area contributed by atoms with Gasteiger partial charge in [-0.3, -0.25) is 15.0 Å². The molecule has 1 fully saturated rings. The van der Waals surface area contributed by atoms with Gasteiger partial charge in [-0.25, -0.2) is 0 Å². The van der Waals surface area contributed by atoms with E-state index in [-0.39, 0.29) is 23.7 Å². The van der Waals surface area contributed by atoms with E-state index in [2.05, 4.69) is 48.4 Å². The number of nitrogens with zero attached hydrogens (tertiary/aromatic N) is 2. The van der Waals surface area contributed by atoms with Gasteiger partial charge in [0, 0.05) is 37.2 Å². The third-order valence-corrected chi connectivity index (χ3v) is 3.53. The van der Waals surface area contributed by atoms with Gasteiger partial charge in [0.05, 0.1) is 12.2 Å². The number of carbonyl (C=O) groups excluding carboxylic acids is 1. The molecule has 1 aliphatic rings. The standard InChI is InChI=1S/C14H24N4O2.ClH/c1-10-8-15-5-6-18(10)9-12(19)16-13-7-11(17-20-13)14(2,3)4;/h7,10,15H,5-6,8-9H2,1-4H3,(H,16,19);1H/t10-;/m0./s1. The van der Waals surface area contributed by atoms with Crippen molar-refractivity contribution in [3.8, 4) is 0 Å². The van der Waals surface area contributed by atoms with Gasteiger partial charge < -0.3 is 9.84 Å². The zero-order valence-electron chi connectivity index (χ0n) is 13.1. The molecule has 1 aliphatic heterocycles. The second-order valence-corrected chi connectivity index (χ2v) is 6.40. The van der Waals surface area contributed by atoms with Crippen molar-refractivity contribution >= 4 is 24.2 Å². The largest absolute Gasteiger partial charge is 0.338 e. The summed E-state index contributed by atoms with van der Waals surface area (Å²) in [6.07, 6.45) is 0. The van der Waals surface area contributed by atoms with Crippen LogP contribution in [0.3, 0.4) is 0 Å². The summed E-state index contributed by atoms with van der Waals surface area (Å²) in [4.78, 5) is 14.2. The Balaban J connectivity index is 0.00000220. The van der Waals surface area contributed by atoms with E-state index in [1.165, 1.54) is 0 Å². The van der Waals surface area contributed by atoms with Crippen LogP contribution >= 0.6 is 12.4 Å². The predicted molar refractivity (Wildman–Crippen MR) is 85.0 cm³/mol. The highest BCUT2D eigenvalue weighted by atomic mass is 35.5. The van der Waals surface area contributed by atoms with E-state index < -0.39 is 0 Å². The molecule has 2 rings (SSSR count). The Hall–Kier alpha value is -1.11. The molecule has 1 amide bonds. The number of piperazine rings is 1. The van der Waals surface area contributed by atoms with E-state index in [0.717, 1.165) is 25.3 Å². The van der Waals surface area contributed by atoms with E-state index in [9.17, 15) is 4.79 Å². The number of hydrogen-bond donors (Lipinski definition) is 2. The second kappa shape index (κ2) is 7.24. The summed E-state index contributed by atoms with van der Waals surface area (Å²) < 4.78 is 5.17. The monoisotopic (exact) mass is 316 g/mol. The van der Waals surface area contributed by atoms with Crippen molar-refractivity contribution in [1.82, 2.24) is 15.4 Å². The number of anilines is 1. The van der Waals surface area contributed by atoms with Crippen molar-refractivity contribution in [2.24, 2.45) is 0 Å². The molecule has 0 radical (unpaired) electrons. The summed E-state index contributed by atoms with van der Waals surface area (Å²) in [7, 11) is 0. The fourth-order valence-corrected chi connectivity index (χ4v) is 2.17. The van der Waals surface area contributed by atoms with E-state index in [1.54, 1.807) is 6.07 Å². The molecule has 120 valence electrons. The third-order valence-electron chi connectivity index (χ3n) is 3.53. The summed E-state index contributed by atoms with van der Waals surface area (Å²) in [6.45, 7) is 11.4. The van der Waals surface area contributed by atoms with Crippen LogP contribution in [0.5, 0.6) is 0 Å². The van der Waals surface area contributed by atoms with Crippen molar-refractivity contribution in [2.45, 2.75) is 39.2 Å². The Morgan fingerprint density at radius 1 is 1.57 bits per heavy atom. The Bertz CT molecular complexity index is 470. The van der Waals surface area contributed by atoms with E-state index in [0.29, 0.717) is 18.5 Å². The van der Waals surface area contributed by atoms with Crippen LogP contribution in [0.2, 0.25) is 0 Å². The number of rotatable bonds is 3. The molecule has 1 aromatic rings. The van der Waals surface area contributed by atoms with Crippen LogP contribution in [0, 0.1) is 0 Å². The lowest BCUT2D eigenvalue weighted by atomic mass is 9.92. The van der Waals surface area contributed by atoms with Crippen molar-refractivity contribution in [1.29, 1.82) is 0 Å². The highest BCUT2D eigenvalue weighted by Gasteiger charge is 2.22. The zero-order valence-corrected chi connectivity index (χ0v) is 13.9. The highest BCUT2D eigenvalue weighted by Crippen LogP contribution is 2.23. The molecule has 1 aromatic heterocycles. The van der Waals surface area contributed by atoms with Crippen LogP contribution in [-0.2, 0) is 10.2 Å². The topological polar surface area (TPSA) is 70.4 Å². The average molecular weight is 317 g/mol. The van der Waals surface area contributed by atoms with Crippen LogP contribution in [0.15, 0.2) is 10.6 Å². The molecule has 0 spiro atoms. The van der Waals surface area contributed by atoms with Crippen molar-refractivity contribution in [3.63, 3.8) is 0 Å². The highest BCUT2D eigenvalue weighted by molar-refractivity contribution is 5.91. The van der Waals surface area contributed by atoms with Crippen molar-refractivity contribution in [2.75, 3.05) is 31.5 Å². The summed E-state index contributed by atoms with van der Waals surface area (Å²) in [6, 6.07) is 2.16. The summed E-state index contributed by atoms with van der Waals surface area (Å²) in [5.41, 5.74) is 0.753. The van der Waals surface area contributed by atoms with Crippen molar-refractivity contribution < 1.29 is 9.32 Å². The number of hydrogen-bond acceptors (Lipinski definition) is 5. The summed E-state index contributed by atoms with van der Waals surface area (Å²) >= 11 is 0. The fraction of sp³-hybridized carbons (Fsp3) is 0.714. The minimum absolute atomic E-state index is 0. The average Bonchev–Trinajstić information content (AvgIpc) is 2.80. The first-order valence-electron chi connectivity index (χ1n) is 7.08. The lowest BCUT2D eigenvalue weighted by Gasteiger charge is -2.33. The van der Waals surface area contributed by atoms with E-state index >= 15 is 0 Å². The SMILES string of the molecule is C[C@H]1CNCCN1CC(=O)Nc1cc(C(C)(C)C)no1.Cl. The molecule has 7 heteroatoms. The van der Waals surface area contributed by atoms with Gasteiger partial charge in [-0.2, -0.15) is 0 Å². The second-order valence-electron chi connectivity index (χ2n) is 6.40. The van der Waals surface area contributed by atoms with Gasteiger partial charge in [-0.05, 0) is 6.92 Å². The molecule has 21 heavy (non-hydrogen) atoms. The van der Waals surface area contributed by atoms with Gasteiger partial charge in [0.15, 0.2) is 0 Å². The normalized spacial score (nSPS) is 19.9. The molecule has 2 heterocycles. The van der Waals surface area contributed by atoms with Crippen LogP contribution in [-0.4, -0.2) is 48.2 Å². The Morgan fingerprint density at radius 3 is 2.86 bits per heavy atom. The maximum atomic E-state index is 12.0. The first-order valence-corrected chi connectivity index (χ1v) is 7.08. The molecule has 1 saturated heterocycles. The first kappa shape index (κ1) is 17.9. The molecule has 0 aliphatic carbocycles. The maximum Gasteiger partial charge on any atom is 0.240 e. The lowest BCUT2D eigenvalue weighted by molar-refractivity contribution is -0.118. The minimum Gasteiger partial charge on any atom is -0.338 e. The molecule has 0 bridgehead atoms. The van der Waals surface area contributed by atoms with Gasteiger partial charge in [-0.1, -0.05) is 25.9 Å². The Kier molecular flexibility index (Phi) is 6.19. The number of aromatic nitrogens is 1. The minimum atomic E-state index is -0.0838. The molecule has 0 aromatic carbocycles. The third kappa shape index (κ3) is 4.98. The van der Waals surface area contributed by atoms with Gasteiger partial charge in [0.1, 0.15) is 0 Å². The molecule has 6 nitrogen and oxygen atoms in total. The number of nitrogens with one attached hydrogen (secondary N) is 2. The molecular weight excluding hydrogens is 292 g/mol. The van der Waals surface area contributed by atoms with Gasteiger partial charge in [0.2, 0.25) is 11.8 Å². The van der Waals surface area contributed by atoms with Crippen LogP contribution in [0.4, 0.5) is 5.88 Å². The Morgan fingerprint density at radius 2 is 2.29 bits per heavy atom. The Labute approximate surface area is 132 Å². The summed E-state index contributed by atoms with van der Waals surface area (Å²) in [5.74, 6) is 0.359. The predicted octanol–water partition coefficient (Wildman–Crippen LogP) is 1.63. The van der Waals surface area contributed by atoms with Gasteiger partial charge >= 0.3 is 0 Å². The smallest absolute Gasteiger partial charge is 0.240 e. The molecule has 1 atom stereocenters. The van der Waals surface area contributed by atoms with Crippen LogP contribution < -0.4 is 10.6 Å². The number of carbonyl (C=O) groups is 1. The molecular formula is C14H25ClN4O2. The lowest BCUT2D eigenvalue weighted by Crippen LogP contribution is -2.51. The van der Waals surface area contributed by atoms with Gasteiger partial charge in [0.25, 0.3) is 0 Å². The quantitative estimate of drug-likeness (QED) is 0.887. The van der Waals surface area contributed by atoms with Crippen LogP contribution in [0.1, 0.15) is 33.4 Å². The molecule has 0 unspecified atom stereocenters. The zero-order chi connectivity index (χ0) is 14.8. The van der Waals surface area contributed by atoms with Crippen molar-refractivity contribution in [3.05, 3.63) is 11.8 Å². The molecule has 2 N–H and O–H groups in total. The molecule has 0 saturated carbocycles. The maximum absolute atomic E-state index is 12.0. The summed E-state index contributed by atoms with van der Waals surface area (Å²) in [5, 5.41) is 10.1. The van der Waals surface area contributed by atoms with E-state index in [1.807, 2.05) is 0 Å². The van der Waals surface area contributed by atoms with E-state index in [4.69, 9.17) is 4.52 Å². The number of halogens is 1. The first-order chi connectivity index (χ1) is 9.36. The van der Waals surface area contributed by atoms with Gasteiger partial charge in [-0.15, -0.1) is 12.4 Å². The fourth-order valence-electron chi connectivity index (χ4n) is 2.17. The number of amides is 1.